The van der Waals surface area contributed by atoms with Crippen LogP contribution in [0.25, 0.3) is 0 Å². The molecular formula is C17H18N4O3. The minimum Gasteiger partial charge on any atom is -0.368 e. The number of pyridine rings is 1. The van der Waals surface area contributed by atoms with Crippen LogP contribution >= 0.6 is 0 Å². The lowest BCUT2D eigenvalue weighted by atomic mass is 10.1. The van der Waals surface area contributed by atoms with Gasteiger partial charge in [0.25, 0.3) is 11.6 Å². The van der Waals surface area contributed by atoms with E-state index in [1.165, 1.54) is 6.07 Å². The number of nitro benzene ring substituents is 1. The summed E-state index contributed by atoms with van der Waals surface area (Å²) in [6, 6.07) is 8.41. The van der Waals surface area contributed by atoms with E-state index < -0.39 is 0 Å². The number of benzene rings is 1. The van der Waals surface area contributed by atoms with Gasteiger partial charge in [-0.3, -0.25) is 19.9 Å². The number of hydrogen-bond donors (Lipinski definition) is 0. The minimum atomic E-state index is -0.388. The van der Waals surface area contributed by atoms with Gasteiger partial charge in [-0.25, -0.2) is 0 Å². The second-order valence-corrected chi connectivity index (χ2v) is 5.75. The Balaban J connectivity index is 1.67. The normalized spacial score (nSPS) is 14.5. The van der Waals surface area contributed by atoms with Gasteiger partial charge in [0.1, 0.15) is 0 Å². The number of carbonyl (C=O) groups is 1. The third kappa shape index (κ3) is 3.19. The highest BCUT2D eigenvalue weighted by molar-refractivity contribution is 5.94. The molecule has 1 aliphatic rings. The molecule has 1 aromatic carbocycles. The first-order valence-electron chi connectivity index (χ1n) is 7.75. The number of anilines is 1. The van der Waals surface area contributed by atoms with E-state index in [2.05, 4.69) is 9.88 Å². The number of carbonyl (C=O) groups excluding carboxylic acids is 1. The lowest BCUT2D eigenvalue weighted by Gasteiger charge is -2.36. The first-order chi connectivity index (χ1) is 11.6. The summed E-state index contributed by atoms with van der Waals surface area (Å²) in [5.74, 6) is -0.0110. The van der Waals surface area contributed by atoms with Crippen LogP contribution in [0.4, 0.5) is 11.4 Å². The number of aryl methyl sites for hydroxylation is 1. The van der Waals surface area contributed by atoms with E-state index >= 15 is 0 Å². The van der Waals surface area contributed by atoms with Crippen molar-refractivity contribution >= 4 is 17.3 Å². The van der Waals surface area contributed by atoms with Crippen LogP contribution < -0.4 is 4.90 Å². The second kappa shape index (κ2) is 6.66. The van der Waals surface area contributed by atoms with Crippen molar-refractivity contribution in [2.45, 2.75) is 6.92 Å². The Morgan fingerprint density at radius 3 is 2.54 bits per heavy atom. The molecule has 0 N–H and O–H groups in total. The van der Waals surface area contributed by atoms with E-state index in [9.17, 15) is 14.9 Å². The predicted octanol–water partition coefficient (Wildman–Crippen LogP) is 2.26. The molecule has 0 atom stereocenters. The fourth-order valence-corrected chi connectivity index (χ4v) is 2.93. The van der Waals surface area contributed by atoms with Crippen molar-refractivity contribution in [2.75, 3.05) is 31.1 Å². The van der Waals surface area contributed by atoms with E-state index in [1.54, 1.807) is 36.7 Å². The van der Waals surface area contributed by atoms with Crippen LogP contribution in [0.1, 0.15) is 15.9 Å². The molecule has 0 radical (unpaired) electrons. The summed E-state index contributed by atoms with van der Waals surface area (Å²) < 4.78 is 0. The van der Waals surface area contributed by atoms with Crippen LogP contribution in [0.2, 0.25) is 0 Å². The zero-order valence-corrected chi connectivity index (χ0v) is 13.4. The lowest BCUT2D eigenvalue weighted by molar-refractivity contribution is -0.384. The average Bonchev–Trinajstić information content (AvgIpc) is 2.62. The Morgan fingerprint density at radius 2 is 1.96 bits per heavy atom. The van der Waals surface area contributed by atoms with Crippen molar-refractivity contribution in [1.29, 1.82) is 0 Å². The molecule has 2 heterocycles. The summed E-state index contributed by atoms with van der Waals surface area (Å²) >= 11 is 0. The average molecular weight is 326 g/mol. The Kier molecular flexibility index (Phi) is 4.41. The number of rotatable bonds is 3. The van der Waals surface area contributed by atoms with Gasteiger partial charge in [-0.05, 0) is 30.7 Å². The number of amides is 1. The standard InChI is InChI=1S/C17H18N4O3/c1-13-11-15(21(23)24)4-5-16(13)19-7-9-20(10-8-19)17(22)14-3-2-6-18-12-14/h2-6,11-12H,7-10H2,1H3. The van der Waals surface area contributed by atoms with Crippen molar-refractivity contribution in [2.24, 2.45) is 0 Å². The van der Waals surface area contributed by atoms with Crippen molar-refractivity contribution in [3.63, 3.8) is 0 Å². The van der Waals surface area contributed by atoms with E-state index in [4.69, 9.17) is 0 Å². The van der Waals surface area contributed by atoms with Gasteiger partial charge in [0, 0.05) is 56.4 Å². The summed E-state index contributed by atoms with van der Waals surface area (Å²) in [6.45, 7) is 4.50. The van der Waals surface area contributed by atoms with Gasteiger partial charge in [0.15, 0.2) is 0 Å². The molecule has 0 unspecified atom stereocenters. The van der Waals surface area contributed by atoms with Gasteiger partial charge in [-0.2, -0.15) is 0 Å². The molecule has 24 heavy (non-hydrogen) atoms. The van der Waals surface area contributed by atoms with Crippen LogP contribution in [-0.2, 0) is 0 Å². The highest BCUT2D eigenvalue weighted by Gasteiger charge is 2.23. The smallest absolute Gasteiger partial charge is 0.269 e. The zero-order valence-electron chi connectivity index (χ0n) is 13.4. The number of nitro groups is 1. The molecule has 1 aliphatic heterocycles. The SMILES string of the molecule is Cc1cc([N+](=O)[O-])ccc1N1CCN(C(=O)c2cccnc2)CC1. The number of aromatic nitrogens is 1. The molecule has 3 rings (SSSR count). The fraction of sp³-hybridized carbons (Fsp3) is 0.294. The van der Waals surface area contributed by atoms with Crippen molar-refractivity contribution in [3.8, 4) is 0 Å². The van der Waals surface area contributed by atoms with Crippen LogP contribution in [0.5, 0.6) is 0 Å². The largest absolute Gasteiger partial charge is 0.368 e. The highest BCUT2D eigenvalue weighted by Crippen LogP contribution is 2.25. The van der Waals surface area contributed by atoms with Crippen LogP contribution in [0, 0.1) is 17.0 Å². The third-order valence-corrected chi connectivity index (χ3v) is 4.21. The molecule has 1 amide bonds. The number of non-ortho nitro benzene ring substituents is 1. The zero-order chi connectivity index (χ0) is 17.1. The van der Waals surface area contributed by atoms with E-state index in [0.29, 0.717) is 31.7 Å². The molecular weight excluding hydrogens is 308 g/mol. The molecule has 0 aliphatic carbocycles. The molecule has 7 heteroatoms. The van der Waals surface area contributed by atoms with E-state index in [0.717, 1.165) is 11.3 Å². The van der Waals surface area contributed by atoms with Gasteiger partial charge < -0.3 is 9.80 Å². The summed E-state index contributed by atoms with van der Waals surface area (Å²) in [5, 5.41) is 10.8. The minimum absolute atomic E-state index is 0.0110. The van der Waals surface area contributed by atoms with Crippen molar-refractivity contribution in [3.05, 3.63) is 64.0 Å². The van der Waals surface area contributed by atoms with E-state index in [1.807, 2.05) is 11.8 Å². The van der Waals surface area contributed by atoms with Crippen LogP contribution in [-0.4, -0.2) is 46.9 Å². The quantitative estimate of drug-likeness (QED) is 0.638. The van der Waals surface area contributed by atoms with Gasteiger partial charge in [-0.15, -0.1) is 0 Å². The van der Waals surface area contributed by atoms with E-state index in [-0.39, 0.29) is 16.5 Å². The summed E-state index contributed by atoms with van der Waals surface area (Å²) in [7, 11) is 0. The summed E-state index contributed by atoms with van der Waals surface area (Å²) in [6.07, 6.45) is 3.22. The van der Waals surface area contributed by atoms with Gasteiger partial charge in [0.05, 0.1) is 10.5 Å². The number of nitrogens with zero attached hydrogens (tertiary/aromatic N) is 4. The first-order valence-corrected chi connectivity index (χ1v) is 7.75. The van der Waals surface area contributed by atoms with Gasteiger partial charge in [-0.1, -0.05) is 0 Å². The fourth-order valence-electron chi connectivity index (χ4n) is 2.93. The lowest BCUT2D eigenvalue weighted by Crippen LogP contribution is -2.49. The molecule has 1 aromatic heterocycles. The summed E-state index contributed by atoms with van der Waals surface area (Å²) in [5.41, 5.74) is 2.55. The first kappa shape index (κ1) is 15.9. The second-order valence-electron chi connectivity index (χ2n) is 5.75. The maximum Gasteiger partial charge on any atom is 0.269 e. The number of piperazine rings is 1. The molecule has 0 bridgehead atoms. The maximum absolute atomic E-state index is 12.4. The third-order valence-electron chi connectivity index (χ3n) is 4.21. The Labute approximate surface area is 139 Å². The molecule has 0 saturated carbocycles. The maximum atomic E-state index is 12.4. The Morgan fingerprint density at radius 1 is 1.21 bits per heavy atom. The summed E-state index contributed by atoms with van der Waals surface area (Å²) in [4.78, 5) is 30.8. The van der Waals surface area contributed by atoms with Gasteiger partial charge in [0.2, 0.25) is 0 Å². The van der Waals surface area contributed by atoms with Crippen molar-refractivity contribution < 1.29 is 9.72 Å². The Bertz CT molecular complexity index is 756. The monoisotopic (exact) mass is 326 g/mol. The number of hydrogen-bond acceptors (Lipinski definition) is 5. The van der Waals surface area contributed by atoms with Crippen LogP contribution in [0.3, 0.4) is 0 Å². The molecule has 7 nitrogen and oxygen atoms in total. The van der Waals surface area contributed by atoms with Crippen LogP contribution in [0.15, 0.2) is 42.7 Å². The molecule has 1 saturated heterocycles. The Hall–Kier alpha value is -2.96. The highest BCUT2D eigenvalue weighted by atomic mass is 16.6. The topological polar surface area (TPSA) is 79.6 Å². The molecule has 124 valence electrons. The van der Waals surface area contributed by atoms with Gasteiger partial charge >= 0.3 is 0 Å². The molecule has 0 spiro atoms. The molecule has 1 fully saturated rings. The molecule has 2 aromatic rings. The predicted molar refractivity (Wildman–Crippen MR) is 90.2 cm³/mol. The van der Waals surface area contributed by atoms with Crippen molar-refractivity contribution in [1.82, 2.24) is 9.88 Å².